The van der Waals surface area contributed by atoms with Gasteiger partial charge in [-0.1, -0.05) is 12.1 Å². The monoisotopic (exact) mass is 272 g/mol. The minimum atomic E-state index is -0.365. The van der Waals surface area contributed by atoms with Gasteiger partial charge < -0.3 is 4.74 Å². The van der Waals surface area contributed by atoms with Gasteiger partial charge in [-0.3, -0.25) is 4.79 Å². The van der Waals surface area contributed by atoms with E-state index in [-0.39, 0.29) is 17.7 Å². The molecule has 0 aliphatic rings. The van der Waals surface area contributed by atoms with Crippen LogP contribution in [0.4, 0.5) is 4.39 Å². The summed E-state index contributed by atoms with van der Waals surface area (Å²) in [5, 5.41) is 0. The van der Waals surface area contributed by atoms with Crippen LogP contribution in [-0.4, -0.2) is 11.9 Å². The molecular weight excluding hydrogens is 255 g/mol. The molecule has 0 radical (unpaired) electrons. The molecule has 0 aliphatic carbocycles. The lowest BCUT2D eigenvalue weighted by molar-refractivity contribution is 0.103. The van der Waals surface area contributed by atoms with Gasteiger partial charge in [-0.05, 0) is 56.7 Å². The Hall–Kier alpha value is -2.16. The second-order valence-corrected chi connectivity index (χ2v) is 4.98. The maximum atomic E-state index is 13.5. The van der Waals surface area contributed by atoms with E-state index in [0.29, 0.717) is 22.4 Å². The summed E-state index contributed by atoms with van der Waals surface area (Å²) in [6, 6.07) is 11.4. The van der Waals surface area contributed by atoms with E-state index in [1.807, 2.05) is 13.8 Å². The first-order valence-electron chi connectivity index (χ1n) is 6.55. The molecule has 0 aromatic heterocycles. The summed E-state index contributed by atoms with van der Waals surface area (Å²) < 4.78 is 19.0. The summed E-state index contributed by atoms with van der Waals surface area (Å²) >= 11 is 0. The van der Waals surface area contributed by atoms with E-state index in [0.717, 1.165) is 0 Å². The SMILES string of the molecule is Cc1ccc(C(=O)c2ccc(OC(C)C)cc2)cc1F. The molecule has 104 valence electrons. The van der Waals surface area contributed by atoms with E-state index in [1.54, 1.807) is 43.3 Å². The van der Waals surface area contributed by atoms with Crippen molar-refractivity contribution in [2.45, 2.75) is 26.9 Å². The van der Waals surface area contributed by atoms with Gasteiger partial charge in [0, 0.05) is 11.1 Å². The van der Waals surface area contributed by atoms with Crippen molar-refractivity contribution in [2.75, 3.05) is 0 Å². The largest absolute Gasteiger partial charge is 0.491 e. The molecule has 0 fully saturated rings. The maximum absolute atomic E-state index is 13.5. The molecule has 2 aromatic carbocycles. The second kappa shape index (κ2) is 5.87. The standard InChI is InChI=1S/C17H17FO2/c1-11(2)20-15-8-6-13(7-9-15)17(19)14-5-4-12(3)16(18)10-14/h4-11H,1-3H3. The normalized spacial score (nSPS) is 10.7. The van der Waals surface area contributed by atoms with Crippen LogP contribution in [0, 0.1) is 12.7 Å². The molecule has 0 atom stereocenters. The Kier molecular flexibility index (Phi) is 4.18. The van der Waals surface area contributed by atoms with Crippen LogP contribution in [0.25, 0.3) is 0 Å². The van der Waals surface area contributed by atoms with Gasteiger partial charge in [0.15, 0.2) is 5.78 Å². The third kappa shape index (κ3) is 3.23. The molecule has 2 aromatic rings. The van der Waals surface area contributed by atoms with Crippen LogP contribution >= 0.6 is 0 Å². The van der Waals surface area contributed by atoms with Crippen molar-refractivity contribution in [3.63, 3.8) is 0 Å². The number of ether oxygens (including phenoxy) is 1. The van der Waals surface area contributed by atoms with E-state index < -0.39 is 0 Å². The number of halogens is 1. The van der Waals surface area contributed by atoms with Crippen LogP contribution in [0.1, 0.15) is 35.3 Å². The van der Waals surface area contributed by atoms with Crippen LogP contribution < -0.4 is 4.74 Å². The molecule has 0 saturated carbocycles. The minimum Gasteiger partial charge on any atom is -0.491 e. The van der Waals surface area contributed by atoms with Gasteiger partial charge in [-0.2, -0.15) is 0 Å². The third-order valence-corrected chi connectivity index (χ3v) is 2.92. The zero-order valence-corrected chi connectivity index (χ0v) is 11.8. The smallest absolute Gasteiger partial charge is 0.193 e. The predicted octanol–water partition coefficient (Wildman–Crippen LogP) is 4.15. The third-order valence-electron chi connectivity index (χ3n) is 2.92. The van der Waals surface area contributed by atoms with Crippen LogP contribution in [0.3, 0.4) is 0 Å². The fourth-order valence-corrected chi connectivity index (χ4v) is 1.86. The van der Waals surface area contributed by atoms with Gasteiger partial charge in [0.25, 0.3) is 0 Å². The van der Waals surface area contributed by atoms with E-state index in [2.05, 4.69) is 0 Å². The number of rotatable bonds is 4. The van der Waals surface area contributed by atoms with Crippen molar-refractivity contribution in [1.29, 1.82) is 0 Å². The van der Waals surface area contributed by atoms with Gasteiger partial charge in [0.2, 0.25) is 0 Å². The molecule has 0 amide bonds. The molecule has 0 aliphatic heterocycles. The number of carbonyl (C=O) groups excluding carboxylic acids is 1. The van der Waals surface area contributed by atoms with Gasteiger partial charge in [-0.25, -0.2) is 4.39 Å². The van der Waals surface area contributed by atoms with Crippen LogP contribution in [0.5, 0.6) is 5.75 Å². The Morgan fingerprint density at radius 1 is 1.05 bits per heavy atom. The number of benzene rings is 2. The number of carbonyl (C=O) groups is 1. The molecule has 0 heterocycles. The fourth-order valence-electron chi connectivity index (χ4n) is 1.86. The Morgan fingerprint density at radius 2 is 1.65 bits per heavy atom. The Labute approximate surface area is 118 Å². The Morgan fingerprint density at radius 3 is 2.20 bits per heavy atom. The zero-order valence-electron chi connectivity index (χ0n) is 11.8. The molecule has 20 heavy (non-hydrogen) atoms. The van der Waals surface area contributed by atoms with Gasteiger partial charge in [-0.15, -0.1) is 0 Å². The average molecular weight is 272 g/mol. The highest BCUT2D eigenvalue weighted by atomic mass is 19.1. The van der Waals surface area contributed by atoms with Gasteiger partial charge in [0.05, 0.1) is 6.10 Å². The number of aryl methyl sites for hydroxylation is 1. The van der Waals surface area contributed by atoms with Crippen molar-refractivity contribution >= 4 is 5.78 Å². The average Bonchev–Trinajstić information content (AvgIpc) is 2.41. The molecule has 3 heteroatoms. The first-order valence-corrected chi connectivity index (χ1v) is 6.55. The maximum Gasteiger partial charge on any atom is 0.193 e. The lowest BCUT2D eigenvalue weighted by Crippen LogP contribution is -2.06. The molecule has 0 spiro atoms. The van der Waals surface area contributed by atoms with Crippen LogP contribution in [0.2, 0.25) is 0 Å². The molecule has 2 nitrogen and oxygen atoms in total. The molecule has 0 bridgehead atoms. The Bertz CT molecular complexity index is 615. The van der Waals surface area contributed by atoms with Crippen molar-refractivity contribution in [1.82, 2.24) is 0 Å². The van der Waals surface area contributed by atoms with E-state index in [1.165, 1.54) is 6.07 Å². The lowest BCUT2D eigenvalue weighted by atomic mass is 10.0. The number of ketones is 1. The van der Waals surface area contributed by atoms with Crippen molar-refractivity contribution in [2.24, 2.45) is 0 Å². The van der Waals surface area contributed by atoms with E-state index >= 15 is 0 Å². The summed E-state index contributed by atoms with van der Waals surface area (Å²) in [5.74, 6) is 0.155. The summed E-state index contributed by atoms with van der Waals surface area (Å²) in [5.41, 5.74) is 1.40. The summed E-state index contributed by atoms with van der Waals surface area (Å²) in [6.45, 7) is 5.55. The topological polar surface area (TPSA) is 26.3 Å². The summed E-state index contributed by atoms with van der Waals surface area (Å²) in [7, 11) is 0. The highest BCUT2D eigenvalue weighted by Crippen LogP contribution is 2.18. The zero-order chi connectivity index (χ0) is 14.7. The minimum absolute atomic E-state index is 0.0859. The molecule has 0 unspecified atom stereocenters. The van der Waals surface area contributed by atoms with Crippen molar-refractivity contribution in [3.05, 3.63) is 65.0 Å². The highest BCUT2D eigenvalue weighted by molar-refractivity contribution is 6.09. The van der Waals surface area contributed by atoms with Crippen LogP contribution in [0.15, 0.2) is 42.5 Å². The number of hydrogen-bond donors (Lipinski definition) is 0. The van der Waals surface area contributed by atoms with E-state index in [9.17, 15) is 9.18 Å². The summed E-state index contributed by atoms with van der Waals surface area (Å²) in [6.07, 6.45) is 0.0859. The highest BCUT2D eigenvalue weighted by Gasteiger charge is 2.11. The first-order chi connectivity index (χ1) is 9.47. The van der Waals surface area contributed by atoms with Gasteiger partial charge >= 0.3 is 0 Å². The van der Waals surface area contributed by atoms with E-state index in [4.69, 9.17) is 4.74 Å². The lowest BCUT2D eigenvalue weighted by Gasteiger charge is -2.10. The second-order valence-electron chi connectivity index (χ2n) is 4.98. The molecule has 0 N–H and O–H groups in total. The molecular formula is C17H17FO2. The fraction of sp³-hybridized carbons (Fsp3) is 0.235. The summed E-state index contributed by atoms with van der Waals surface area (Å²) in [4.78, 5) is 12.2. The number of hydrogen-bond acceptors (Lipinski definition) is 2. The molecule has 0 saturated heterocycles. The van der Waals surface area contributed by atoms with Crippen molar-refractivity contribution in [3.8, 4) is 5.75 Å². The first kappa shape index (κ1) is 14.3. The quantitative estimate of drug-likeness (QED) is 0.781. The van der Waals surface area contributed by atoms with Crippen LogP contribution in [-0.2, 0) is 0 Å². The molecule has 2 rings (SSSR count). The van der Waals surface area contributed by atoms with Gasteiger partial charge in [0.1, 0.15) is 11.6 Å². The predicted molar refractivity (Wildman–Crippen MR) is 76.8 cm³/mol. The van der Waals surface area contributed by atoms with Crippen molar-refractivity contribution < 1.29 is 13.9 Å². The Balaban J connectivity index is 2.22.